The Morgan fingerprint density at radius 2 is 2.00 bits per heavy atom. The summed E-state index contributed by atoms with van der Waals surface area (Å²) in [5.41, 5.74) is -0.221. The van der Waals surface area contributed by atoms with E-state index in [4.69, 9.17) is 11.6 Å². The SMILES string of the molecule is CCCCCCN1c2nccc[n+]2CC1(O)c1ccc(Cl)cc1.[Br-]. The average Bonchev–Trinajstić information content (AvgIpc) is 2.85. The van der Waals surface area contributed by atoms with Gasteiger partial charge in [-0.3, -0.25) is 0 Å². The smallest absolute Gasteiger partial charge is 0.396 e. The molecule has 1 unspecified atom stereocenters. The van der Waals surface area contributed by atoms with Crippen LogP contribution in [0.1, 0.15) is 38.2 Å². The minimum absolute atomic E-state index is 0. The van der Waals surface area contributed by atoms with E-state index in [-0.39, 0.29) is 17.0 Å². The molecule has 0 fully saturated rings. The molecule has 6 heteroatoms. The third-order valence-corrected chi connectivity index (χ3v) is 4.67. The fourth-order valence-electron chi connectivity index (χ4n) is 3.17. The average molecular weight is 413 g/mol. The highest BCUT2D eigenvalue weighted by molar-refractivity contribution is 6.30. The van der Waals surface area contributed by atoms with Crippen LogP contribution in [0, 0.1) is 0 Å². The quantitative estimate of drug-likeness (QED) is 0.547. The Morgan fingerprint density at radius 3 is 2.71 bits per heavy atom. The zero-order valence-corrected chi connectivity index (χ0v) is 16.2. The highest BCUT2D eigenvalue weighted by Gasteiger charge is 2.50. The van der Waals surface area contributed by atoms with Crippen LogP contribution in [-0.4, -0.2) is 16.6 Å². The Bertz CT molecular complexity index is 668. The molecular weight excluding hydrogens is 390 g/mol. The second-order valence-corrected chi connectivity index (χ2v) is 6.52. The number of rotatable bonds is 6. The Morgan fingerprint density at radius 1 is 1.25 bits per heavy atom. The van der Waals surface area contributed by atoms with E-state index in [1.165, 1.54) is 12.8 Å². The molecule has 1 N–H and O–H groups in total. The molecule has 0 saturated heterocycles. The molecule has 4 nitrogen and oxygen atoms in total. The second kappa shape index (κ2) is 8.28. The number of nitrogens with zero attached hydrogens (tertiary/aromatic N) is 3. The van der Waals surface area contributed by atoms with Crippen molar-refractivity contribution in [1.29, 1.82) is 0 Å². The van der Waals surface area contributed by atoms with Gasteiger partial charge in [0.25, 0.3) is 0 Å². The van der Waals surface area contributed by atoms with Crippen molar-refractivity contribution >= 4 is 17.5 Å². The van der Waals surface area contributed by atoms with Crippen LogP contribution in [-0.2, 0) is 12.3 Å². The molecule has 1 aromatic heterocycles. The lowest BCUT2D eigenvalue weighted by atomic mass is 10.0. The number of hydrogen-bond acceptors (Lipinski definition) is 3. The lowest BCUT2D eigenvalue weighted by Gasteiger charge is -2.28. The number of benzene rings is 1. The predicted octanol–water partition coefficient (Wildman–Crippen LogP) is 0.272. The molecule has 1 atom stereocenters. The molecule has 0 amide bonds. The molecule has 1 aromatic carbocycles. The molecule has 0 aliphatic carbocycles. The molecule has 0 bridgehead atoms. The molecule has 24 heavy (non-hydrogen) atoms. The summed E-state index contributed by atoms with van der Waals surface area (Å²) in [6.07, 6.45) is 8.37. The van der Waals surface area contributed by atoms with Gasteiger partial charge in [0, 0.05) is 16.7 Å². The fraction of sp³-hybridized carbons (Fsp3) is 0.444. The van der Waals surface area contributed by atoms with Crippen LogP contribution in [0.5, 0.6) is 0 Å². The number of unbranched alkanes of at least 4 members (excludes halogenated alkanes) is 3. The molecule has 130 valence electrons. The van der Waals surface area contributed by atoms with Gasteiger partial charge in [-0.2, -0.15) is 0 Å². The molecule has 3 rings (SSSR count). The summed E-state index contributed by atoms with van der Waals surface area (Å²) in [5.74, 6) is 0.821. The van der Waals surface area contributed by atoms with Crippen LogP contribution in [0.2, 0.25) is 5.02 Å². The summed E-state index contributed by atoms with van der Waals surface area (Å²) in [6, 6.07) is 9.34. The first-order chi connectivity index (χ1) is 11.1. The predicted molar refractivity (Wildman–Crippen MR) is 91.3 cm³/mol. The van der Waals surface area contributed by atoms with Gasteiger partial charge < -0.3 is 22.1 Å². The number of aliphatic hydroxyl groups is 1. The second-order valence-electron chi connectivity index (χ2n) is 6.08. The summed E-state index contributed by atoms with van der Waals surface area (Å²) in [7, 11) is 0. The number of fused-ring (bicyclic) bond motifs is 1. The van der Waals surface area contributed by atoms with Gasteiger partial charge in [-0.25, -0.2) is 9.47 Å². The van der Waals surface area contributed by atoms with E-state index in [0.29, 0.717) is 11.6 Å². The Balaban J connectivity index is 0.00000208. The van der Waals surface area contributed by atoms with Gasteiger partial charge in [0.05, 0.1) is 12.7 Å². The van der Waals surface area contributed by atoms with E-state index in [9.17, 15) is 5.11 Å². The van der Waals surface area contributed by atoms with E-state index in [0.717, 1.165) is 30.9 Å². The summed E-state index contributed by atoms with van der Waals surface area (Å²) in [5, 5.41) is 12.1. The normalized spacial score (nSPS) is 19.0. The van der Waals surface area contributed by atoms with Crippen LogP contribution in [0.25, 0.3) is 0 Å². The van der Waals surface area contributed by atoms with Crippen molar-refractivity contribution in [1.82, 2.24) is 4.98 Å². The van der Waals surface area contributed by atoms with E-state index in [1.807, 2.05) is 46.0 Å². The molecule has 0 spiro atoms. The first-order valence-corrected chi connectivity index (χ1v) is 8.63. The van der Waals surface area contributed by atoms with Gasteiger partial charge in [-0.05, 0) is 18.6 Å². The van der Waals surface area contributed by atoms with Crippen LogP contribution in [0.3, 0.4) is 0 Å². The number of anilines is 1. The third kappa shape index (κ3) is 3.73. The lowest BCUT2D eigenvalue weighted by molar-refractivity contribution is -0.685. The summed E-state index contributed by atoms with van der Waals surface area (Å²) < 4.78 is 2.01. The molecule has 2 aromatic rings. The van der Waals surface area contributed by atoms with Gasteiger partial charge in [0.1, 0.15) is 12.7 Å². The third-order valence-electron chi connectivity index (χ3n) is 4.42. The Kier molecular flexibility index (Phi) is 6.61. The van der Waals surface area contributed by atoms with Crippen LogP contribution in [0.15, 0.2) is 42.7 Å². The van der Waals surface area contributed by atoms with Crippen molar-refractivity contribution in [2.24, 2.45) is 0 Å². The van der Waals surface area contributed by atoms with Crippen molar-refractivity contribution in [3.8, 4) is 0 Å². The van der Waals surface area contributed by atoms with Gasteiger partial charge in [0.15, 0.2) is 0 Å². The minimum Gasteiger partial charge on any atom is -1.00 e. The minimum atomic E-state index is -1.07. The van der Waals surface area contributed by atoms with Crippen molar-refractivity contribution in [3.63, 3.8) is 0 Å². The molecule has 2 heterocycles. The van der Waals surface area contributed by atoms with Crippen LogP contribution >= 0.6 is 11.6 Å². The Hall–Kier alpha value is -1.17. The van der Waals surface area contributed by atoms with Crippen molar-refractivity contribution in [2.45, 2.75) is 44.9 Å². The van der Waals surface area contributed by atoms with E-state index in [2.05, 4.69) is 11.9 Å². The number of aromatic nitrogens is 2. The molecule has 1 aliphatic rings. The fourth-order valence-corrected chi connectivity index (χ4v) is 3.30. The molecule has 1 aliphatic heterocycles. The highest BCUT2D eigenvalue weighted by Crippen LogP contribution is 2.34. The molecule has 0 radical (unpaired) electrons. The first-order valence-electron chi connectivity index (χ1n) is 8.25. The van der Waals surface area contributed by atoms with Crippen LogP contribution < -0.4 is 26.4 Å². The van der Waals surface area contributed by atoms with Crippen LogP contribution in [0.4, 0.5) is 5.95 Å². The van der Waals surface area contributed by atoms with Crippen molar-refractivity contribution in [3.05, 3.63) is 53.3 Å². The van der Waals surface area contributed by atoms with Gasteiger partial charge >= 0.3 is 5.95 Å². The standard InChI is InChI=1S/C18H23ClN3O.BrH/c1-2-3-4-5-13-22-17-20-11-6-12-21(17)14-18(22,23)15-7-9-16(19)10-8-15;/h6-12,23H,2-5,13-14H2,1H3;1H/q+1;/p-1. The summed E-state index contributed by atoms with van der Waals surface area (Å²) >= 11 is 5.99. The Labute approximate surface area is 158 Å². The van der Waals surface area contributed by atoms with Crippen molar-refractivity contribution in [2.75, 3.05) is 11.4 Å². The first kappa shape index (κ1) is 19.2. The monoisotopic (exact) mass is 411 g/mol. The summed E-state index contributed by atoms with van der Waals surface area (Å²) in [6.45, 7) is 3.47. The maximum atomic E-state index is 11.4. The maximum Gasteiger partial charge on any atom is 0.396 e. The van der Waals surface area contributed by atoms with Gasteiger partial charge in [-0.15, -0.1) is 0 Å². The lowest BCUT2D eigenvalue weighted by Crippen LogP contribution is -3.00. The zero-order chi connectivity index (χ0) is 16.3. The van der Waals surface area contributed by atoms with Gasteiger partial charge in [0.2, 0.25) is 5.72 Å². The van der Waals surface area contributed by atoms with E-state index in [1.54, 1.807) is 6.20 Å². The van der Waals surface area contributed by atoms with E-state index < -0.39 is 5.72 Å². The number of halogens is 2. The maximum absolute atomic E-state index is 11.4. The van der Waals surface area contributed by atoms with Gasteiger partial charge in [-0.1, -0.05) is 54.9 Å². The van der Waals surface area contributed by atoms with E-state index >= 15 is 0 Å². The van der Waals surface area contributed by atoms with Crippen molar-refractivity contribution < 1.29 is 26.7 Å². The largest absolute Gasteiger partial charge is 1.00 e. The summed E-state index contributed by atoms with van der Waals surface area (Å²) in [4.78, 5) is 6.50. The molecule has 0 saturated carbocycles. The highest BCUT2D eigenvalue weighted by atomic mass is 79.9. The topological polar surface area (TPSA) is 40.2 Å². The number of hydrogen-bond donors (Lipinski definition) is 1. The zero-order valence-electron chi connectivity index (χ0n) is 13.8. The molecular formula is C18H23BrClN3O.